The fraction of sp³-hybridized carbons (Fsp3) is 0.407. The second kappa shape index (κ2) is 9.33. The highest BCUT2D eigenvalue weighted by Crippen LogP contribution is 2.50. The monoisotopic (exact) mass is 497 g/mol. The highest BCUT2D eigenvalue weighted by molar-refractivity contribution is 7.09. The molecule has 2 aliphatic heterocycles. The van der Waals surface area contributed by atoms with Crippen LogP contribution in [0.15, 0.2) is 52.4 Å². The lowest BCUT2D eigenvalue weighted by Crippen LogP contribution is -2.34. The molecule has 1 aliphatic carbocycles. The summed E-state index contributed by atoms with van der Waals surface area (Å²) in [7, 11) is 0. The van der Waals surface area contributed by atoms with Crippen molar-refractivity contribution in [1.82, 2.24) is 4.90 Å². The van der Waals surface area contributed by atoms with Gasteiger partial charge in [-0.1, -0.05) is 34.9 Å². The van der Waals surface area contributed by atoms with Gasteiger partial charge in [0.15, 0.2) is 0 Å². The van der Waals surface area contributed by atoms with Crippen molar-refractivity contribution in [2.75, 3.05) is 6.61 Å². The summed E-state index contributed by atoms with van der Waals surface area (Å²) < 4.78 is 6.22. The molecule has 0 radical (unpaired) electrons. The molecule has 0 unspecified atom stereocenters. The van der Waals surface area contributed by atoms with Crippen LogP contribution in [0.2, 0.25) is 5.02 Å². The number of hydrogen-bond donors (Lipinski definition) is 1. The van der Waals surface area contributed by atoms with Gasteiger partial charge in [0.2, 0.25) is 11.8 Å². The Balaban J connectivity index is 1.29. The van der Waals surface area contributed by atoms with Crippen molar-refractivity contribution in [2.24, 2.45) is 17.8 Å². The number of phenolic OH excluding ortho intramolecular Hbond substituents is 1. The van der Waals surface area contributed by atoms with Gasteiger partial charge in [-0.25, -0.2) is 0 Å². The van der Waals surface area contributed by atoms with E-state index in [2.05, 4.69) is 13.8 Å². The van der Waals surface area contributed by atoms with Gasteiger partial charge in [-0.2, -0.15) is 0 Å². The molecule has 1 aromatic heterocycles. The number of likely N-dealkylation sites (tertiary alicyclic amines) is 1. The third-order valence-electron chi connectivity index (χ3n) is 7.32. The number of hydrogen-bond acceptors (Lipinski definition) is 5. The molecule has 178 valence electrons. The van der Waals surface area contributed by atoms with Crippen molar-refractivity contribution in [3.05, 3.63) is 67.9 Å². The topological polar surface area (TPSA) is 66.8 Å². The Kier molecular flexibility index (Phi) is 6.40. The first kappa shape index (κ1) is 23.3. The van der Waals surface area contributed by atoms with Crippen molar-refractivity contribution in [1.29, 1.82) is 0 Å². The van der Waals surface area contributed by atoms with Crippen LogP contribution < -0.4 is 0 Å². The molecule has 2 aromatic rings. The molecule has 1 aromatic carbocycles. The number of nitrogens with zero attached hydrogens (tertiary/aromatic N) is 1. The van der Waals surface area contributed by atoms with Crippen molar-refractivity contribution in [3.63, 3.8) is 0 Å². The minimum absolute atomic E-state index is 0.00985. The van der Waals surface area contributed by atoms with Crippen LogP contribution in [0, 0.1) is 17.8 Å². The zero-order chi connectivity index (χ0) is 24.0. The molecule has 7 heteroatoms. The maximum Gasteiger partial charge on any atom is 0.234 e. The van der Waals surface area contributed by atoms with E-state index in [0.717, 1.165) is 23.3 Å². The summed E-state index contributed by atoms with van der Waals surface area (Å²) in [5, 5.41) is 12.0. The van der Waals surface area contributed by atoms with E-state index in [1.807, 2.05) is 29.7 Å². The van der Waals surface area contributed by atoms with E-state index in [0.29, 0.717) is 24.6 Å². The van der Waals surface area contributed by atoms with E-state index in [-0.39, 0.29) is 41.4 Å². The van der Waals surface area contributed by atoms with Crippen molar-refractivity contribution in [3.8, 4) is 5.75 Å². The number of phenols is 1. The van der Waals surface area contributed by atoms with Gasteiger partial charge in [0, 0.05) is 10.8 Å². The van der Waals surface area contributed by atoms with E-state index in [4.69, 9.17) is 16.3 Å². The maximum atomic E-state index is 13.3. The molecular formula is C27H28ClNO4S. The van der Waals surface area contributed by atoms with E-state index < -0.39 is 0 Å². The first-order valence-corrected chi connectivity index (χ1v) is 12.9. The van der Waals surface area contributed by atoms with Crippen molar-refractivity contribution < 1.29 is 19.4 Å². The van der Waals surface area contributed by atoms with Crippen molar-refractivity contribution >= 4 is 40.8 Å². The van der Waals surface area contributed by atoms with Crippen LogP contribution in [0.1, 0.15) is 43.6 Å². The minimum Gasteiger partial charge on any atom is -0.508 e. The number of carbonyl (C=O) groups is 2. The Labute approximate surface area is 208 Å². The van der Waals surface area contributed by atoms with Crippen LogP contribution in [-0.2, 0) is 20.9 Å². The summed E-state index contributed by atoms with van der Waals surface area (Å²) in [6, 6.07) is 8.90. The average Bonchev–Trinajstić information content (AvgIpc) is 3.51. The molecule has 3 aliphatic rings. The SMILES string of the molecule is CC1=C2[C@@H](CC/C(C)=C/c3ccc(O)cc3Cl)OC[C@@H]2[C@@H]2C(=O)N(Cc3cccs3)C(=O)[C@@H]2C1. The minimum atomic E-state index is -0.302. The zero-order valence-corrected chi connectivity index (χ0v) is 20.9. The second-order valence-corrected chi connectivity index (χ2v) is 11.0. The zero-order valence-electron chi connectivity index (χ0n) is 19.3. The first-order valence-electron chi connectivity index (χ1n) is 11.7. The molecule has 4 atom stereocenters. The van der Waals surface area contributed by atoms with Gasteiger partial charge in [0.1, 0.15) is 5.75 Å². The lowest BCUT2D eigenvalue weighted by Gasteiger charge is -2.30. The van der Waals surface area contributed by atoms with Gasteiger partial charge < -0.3 is 9.84 Å². The van der Waals surface area contributed by atoms with Crippen molar-refractivity contribution in [2.45, 2.75) is 45.8 Å². The predicted molar refractivity (Wildman–Crippen MR) is 133 cm³/mol. The number of rotatable bonds is 6. The van der Waals surface area contributed by atoms with E-state index in [1.165, 1.54) is 21.6 Å². The fourth-order valence-electron chi connectivity index (χ4n) is 5.74. The van der Waals surface area contributed by atoms with Crippen LogP contribution in [-0.4, -0.2) is 34.5 Å². The largest absolute Gasteiger partial charge is 0.508 e. The van der Waals surface area contributed by atoms with Crippen LogP contribution in [0.5, 0.6) is 5.75 Å². The molecule has 3 heterocycles. The number of imide groups is 1. The number of aromatic hydroxyl groups is 1. The van der Waals surface area contributed by atoms with E-state index in [9.17, 15) is 14.7 Å². The Morgan fingerprint density at radius 3 is 2.82 bits per heavy atom. The van der Waals surface area contributed by atoms with Gasteiger partial charge in [-0.15, -0.1) is 11.3 Å². The van der Waals surface area contributed by atoms with Crippen LogP contribution in [0.25, 0.3) is 6.08 Å². The van der Waals surface area contributed by atoms with Crippen LogP contribution in [0.4, 0.5) is 0 Å². The van der Waals surface area contributed by atoms with Crippen LogP contribution in [0.3, 0.4) is 0 Å². The predicted octanol–water partition coefficient (Wildman–Crippen LogP) is 5.83. The number of amides is 2. The molecule has 34 heavy (non-hydrogen) atoms. The molecule has 0 spiro atoms. The molecule has 2 saturated heterocycles. The standard InChI is InChI=1S/C27H28ClNO4S/c1-15(10-17-6-7-18(30)12-22(17)28)5-8-23-24-16(2)11-20-25(21(24)14-33-23)27(32)29(26(20)31)13-19-4-3-9-34-19/h3-4,6-7,9-10,12,20-21,23,25,30H,5,8,11,13-14H2,1-2H3/b15-10+/t20-,21+,23-,25-/m1/s1. The summed E-state index contributed by atoms with van der Waals surface area (Å²) in [6.45, 7) is 5.03. The third-order valence-corrected chi connectivity index (χ3v) is 8.51. The van der Waals surface area contributed by atoms with Gasteiger partial charge in [0.05, 0.1) is 36.1 Å². The number of carbonyl (C=O) groups excluding carboxylic acids is 2. The number of halogens is 1. The Hall–Kier alpha value is -2.41. The molecule has 2 fully saturated rings. The van der Waals surface area contributed by atoms with Gasteiger partial charge >= 0.3 is 0 Å². The first-order chi connectivity index (χ1) is 16.3. The normalized spacial score (nSPS) is 26.9. The lowest BCUT2D eigenvalue weighted by atomic mass is 9.70. The molecule has 2 amide bonds. The van der Waals surface area contributed by atoms with Gasteiger partial charge in [0.25, 0.3) is 0 Å². The van der Waals surface area contributed by atoms with Crippen LogP contribution >= 0.6 is 22.9 Å². The number of fused-ring (bicyclic) bond motifs is 3. The summed E-state index contributed by atoms with van der Waals surface area (Å²) in [6.07, 6.45) is 4.29. The number of benzene rings is 1. The maximum absolute atomic E-state index is 13.3. The molecule has 5 rings (SSSR count). The molecule has 0 bridgehead atoms. The smallest absolute Gasteiger partial charge is 0.234 e. The lowest BCUT2D eigenvalue weighted by molar-refractivity contribution is -0.140. The van der Waals surface area contributed by atoms with Gasteiger partial charge in [-0.3, -0.25) is 14.5 Å². The molecule has 1 N–H and O–H groups in total. The summed E-state index contributed by atoms with van der Waals surface area (Å²) >= 11 is 7.82. The molecule has 5 nitrogen and oxygen atoms in total. The number of thiophene rings is 1. The Morgan fingerprint density at radius 1 is 1.26 bits per heavy atom. The Bertz CT molecular complexity index is 1190. The fourth-order valence-corrected chi connectivity index (χ4v) is 6.66. The highest BCUT2D eigenvalue weighted by Gasteiger charge is 2.56. The van der Waals surface area contributed by atoms with E-state index >= 15 is 0 Å². The second-order valence-electron chi connectivity index (χ2n) is 9.58. The van der Waals surface area contributed by atoms with Gasteiger partial charge in [-0.05, 0) is 73.9 Å². The van der Waals surface area contributed by atoms with E-state index in [1.54, 1.807) is 23.5 Å². The number of ether oxygens (including phenoxy) is 1. The summed E-state index contributed by atoms with van der Waals surface area (Å²) in [5.41, 5.74) is 4.48. The third kappa shape index (κ3) is 4.23. The average molecular weight is 498 g/mol. The molecular weight excluding hydrogens is 470 g/mol. The summed E-state index contributed by atoms with van der Waals surface area (Å²) in [5.74, 6) is -0.498. The highest BCUT2D eigenvalue weighted by atomic mass is 35.5. The Morgan fingerprint density at radius 2 is 2.09 bits per heavy atom. The molecule has 0 saturated carbocycles. The summed E-state index contributed by atoms with van der Waals surface area (Å²) in [4.78, 5) is 29.0. The number of allylic oxidation sites excluding steroid dienone is 2. The quantitative estimate of drug-likeness (QED) is 0.403.